The first-order valence-corrected chi connectivity index (χ1v) is 6.73. The Hall–Kier alpha value is -1.29. The minimum atomic E-state index is -0.190. The molecule has 0 aliphatic carbocycles. The van der Waals surface area contributed by atoms with E-state index in [2.05, 4.69) is 23.7 Å². The third-order valence-electron chi connectivity index (χ3n) is 3.37. The maximum absolute atomic E-state index is 9.77. The zero-order valence-corrected chi connectivity index (χ0v) is 11.2. The number of rotatable bonds is 4. The summed E-state index contributed by atoms with van der Waals surface area (Å²) in [6.07, 6.45) is 3.39. The van der Waals surface area contributed by atoms with Gasteiger partial charge >= 0.3 is 0 Å². The minimum Gasteiger partial charge on any atom is -0.490 e. The van der Waals surface area contributed by atoms with E-state index in [0.29, 0.717) is 6.61 Å². The highest BCUT2D eigenvalue weighted by molar-refractivity contribution is 5.52. The Bertz CT molecular complexity index is 384. The third-order valence-corrected chi connectivity index (χ3v) is 3.37. The molecule has 0 amide bonds. The number of aliphatic hydroxyl groups is 1. The first-order chi connectivity index (χ1) is 8.72. The zero-order valence-electron chi connectivity index (χ0n) is 11.2. The van der Waals surface area contributed by atoms with E-state index in [0.717, 1.165) is 37.5 Å². The summed E-state index contributed by atoms with van der Waals surface area (Å²) in [7, 11) is 0. The van der Waals surface area contributed by atoms with Crippen LogP contribution < -0.4 is 9.64 Å². The Labute approximate surface area is 109 Å². The molecule has 1 aromatic heterocycles. The lowest BCUT2D eigenvalue weighted by molar-refractivity contribution is 0.0966. The first kappa shape index (κ1) is 13.1. The van der Waals surface area contributed by atoms with Crippen LogP contribution in [0.25, 0.3) is 0 Å². The van der Waals surface area contributed by atoms with Crippen molar-refractivity contribution >= 4 is 5.82 Å². The molecule has 2 atom stereocenters. The molecular weight excluding hydrogens is 228 g/mol. The van der Waals surface area contributed by atoms with E-state index in [1.54, 1.807) is 6.20 Å². The van der Waals surface area contributed by atoms with Crippen molar-refractivity contribution < 1.29 is 9.84 Å². The van der Waals surface area contributed by atoms with Crippen molar-refractivity contribution in [3.8, 4) is 5.75 Å². The van der Waals surface area contributed by atoms with Gasteiger partial charge in [0, 0.05) is 19.3 Å². The van der Waals surface area contributed by atoms with Crippen molar-refractivity contribution in [1.82, 2.24) is 4.98 Å². The van der Waals surface area contributed by atoms with Crippen LogP contribution in [0.2, 0.25) is 0 Å². The number of nitrogens with zero attached hydrogens (tertiary/aromatic N) is 2. The summed E-state index contributed by atoms with van der Waals surface area (Å²) in [4.78, 5) is 6.64. The summed E-state index contributed by atoms with van der Waals surface area (Å²) in [5.41, 5.74) is 0. The van der Waals surface area contributed by atoms with Crippen molar-refractivity contribution in [3.63, 3.8) is 0 Å². The normalized spacial score (nSPS) is 24.1. The second kappa shape index (κ2) is 6.05. The Morgan fingerprint density at radius 2 is 2.39 bits per heavy atom. The van der Waals surface area contributed by atoms with Crippen molar-refractivity contribution in [3.05, 3.63) is 18.3 Å². The van der Waals surface area contributed by atoms with Gasteiger partial charge in [0.25, 0.3) is 0 Å². The number of pyridine rings is 1. The predicted molar refractivity (Wildman–Crippen MR) is 72.0 cm³/mol. The molecule has 1 saturated heterocycles. The van der Waals surface area contributed by atoms with Crippen LogP contribution in [0.15, 0.2) is 18.3 Å². The van der Waals surface area contributed by atoms with Crippen LogP contribution in [0.4, 0.5) is 5.82 Å². The molecule has 2 rings (SSSR count). The lowest BCUT2D eigenvalue weighted by Gasteiger charge is -2.35. The maximum atomic E-state index is 9.77. The molecule has 100 valence electrons. The molecule has 1 aliphatic heterocycles. The molecular formula is C14H22N2O2. The second-order valence-corrected chi connectivity index (χ2v) is 4.95. The number of ether oxygens (including phenoxy) is 1. The van der Waals surface area contributed by atoms with Gasteiger partial charge in [-0.2, -0.15) is 0 Å². The Balaban J connectivity index is 2.12. The summed E-state index contributed by atoms with van der Waals surface area (Å²) in [5.74, 6) is 2.03. The van der Waals surface area contributed by atoms with Gasteiger partial charge in [-0.05, 0) is 30.9 Å². The van der Waals surface area contributed by atoms with Crippen molar-refractivity contribution in [2.24, 2.45) is 5.92 Å². The number of hydrogen-bond acceptors (Lipinski definition) is 4. The number of piperidine rings is 1. The molecule has 1 aromatic rings. The van der Waals surface area contributed by atoms with Gasteiger partial charge < -0.3 is 14.7 Å². The second-order valence-electron chi connectivity index (χ2n) is 4.95. The van der Waals surface area contributed by atoms with Gasteiger partial charge in [-0.3, -0.25) is 0 Å². The fraction of sp³-hybridized carbons (Fsp3) is 0.643. The lowest BCUT2D eigenvalue weighted by atomic mass is 9.97. The van der Waals surface area contributed by atoms with Gasteiger partial charge in [0.2, 0.25) is 0 Å². The van der Waals surface area contributed by atoms with Gasteiger partial charge in [0.1, 0.15) is 0 Å². The van der Waals surface area contributed by atoms with Crippen LogP contribution >= 0.6 is 0 Å². The topological polar surface area (TPSA) is 45.6 Å². The molecule has 0 saturated carbocycles. The average molecular weight is 250 g/mol. The molecule has 1 N–H and O–H groups in total. The lowest BCUT2D eigenvalue weighted by Crippen LogP contribution is -2.42. The summed E-state index contributed by atoms with van der Waals surface area (Å²) in [6.45, 7) is 6.55. The summed E-state index contributed by atoms with van der Waals surface area (Å²) in [5, 5.41) is 9.77. The number of aliphatic hydroxyl groups excluding tert-OH is 1. The van der Waals surface area contributed by atoms with Crippen LogP contribution in [0.5, 0.6) is 5.75 Å². The Morgan fingerprint density at radius 1 is 1.56 bits per heavy atom. The first-order valence-electron chi connectivity index (χ1n) is 6.73. The van der Waals surface area contributed by atoms with E-state index in [9.17, 15) is 5.11 Å². The largest absolute Gasteiger partial charge is 0.490 e. The van der Waals surface area contributed by atoms with Gasteiger partial charge in [-0.15, -0.1) is 0 Å². The molecule has 0 aromatic carbocycles. The summed E-state index contributed by atoms with van der Waals surface area (Å²) >= 11 is 0. The van der Waals surface area contributed by atoms with E-state index < -0.39 is 0 Å². The molecule has 2 unspecified atom stereocenters. The van der Waals surface area contributed by atoms with E-state index >= 15 is 0 Å². The van der Waals surface area contributed by atoms with Crippen LogP contribution in [-0.4, -0.2) is 35.9 Å². The number of hydrogen-bond donors (Lipinski definition) is 1. The average Bonchev–Trinajstić information content (AvgIpc) is 2.40. The highest BCUT2D eigenvalue weighted by Gasteiger charge is 2.26. The number of aromatic nitrogens is 1. The molecule has 4 heteroatoms. The molecule has 0 bridgehead atoms. The molecule has 18 heavy (non-hydrogen) atoms. The SMILES string of the molecule is CCCOc1cccnc1N1CCC(O)C(C)C1. The van der Waals surface area contributed by atoms with Crippen LogP contribution in [0.1, 0.15) is 26.7 Å². The Morgan fingerprint density at radius 3 is 3.11 bits per heavy atom. The van der Waals surface area contributed by atoms with Gasteiger partial charge in [-0.1, -0.05) is 13.8 Å². The standard InChI is InChI=1S/C14H22N2O2/c1-3-9-18-13-5-4-7-15-14(13)16-8-6-12(17)11(2)10-16/h4-5,7,11-12,17H,3,6,8-10H2,1-2H3. The van der Waals surface area contributed by atoms with Gasteiger partial charge in [0.05, 0.1) is 12.7 Å². The third kappa shape index (κ3) is 2.93. The van der Waals surface area contributed by atoms with Crippen molar-refractivity contribution in [2.45, 2.75) is 32.8 Å². The minimum absolute atomic E-state index is 0.190. The molecule has 0 spiro atoms. The van der Waals surface area contributed by atoms with Crippen LogP contribution in [0, 0.1) is 5.92 Å². The fourth-order valence-electron chi connectivity index (χ4n) is 2.27. The summed E-state index contributed by atoms with van der Waals surface area (Å²) in [6, 6.07) is 3.87. The predicted octanol–water partition coefficient (Wildman–Crippen LogP) is 2.08. The molecule has 1 fully saturated rings. The fourth-order valence-corrected chi connectivity index (χ4v) is 2.27. The molecule has 4 nitrogen and oxygen atoms in total. The highest BCUT2D eigenvalue weighted by atomic mass is 16.5. The van der Waals surface area contributed by atoms with E-state index in [4.69, 9.17) is 4.74 Å². The smallest absolute Gasteiger partial charge is 0.171 e. The summed E-state index contributed by atoms with van der Waals surface area (Å²) < 4.78 is 5.73. The van der Waals surface area contributed by atoms with Gasteiger partial charge in [0.15, 0.2) is 11.6 Å². The van der Waals surface area contributed by atoms with Crippen molar-refractivity contribution in [1.29, 1.82) is 0 Å². The van der Waals surface area contributed by atoms with Crippen molar-refractivity contribution in [2.75, 3.05) is 24.6 Å². The molecule has 1 aliphatic rings. The quantitative estimate of drug-likeness (QED) is 0.888. The highest BCUT2D eigenvalue weighted by Crippen LogP contribution is 2.29. The van der Waals surface area contributed by atoms with E-state index in [-0.39, 0.29) is 12.0 Å². The monoisotopic (exact) mass is 250 g/mol. The zero-order chi connectivity index (χ0) is 13.0. The van der Waals surface area contributed by atoms with E-state index in [1.165, 1.54) is 0 Å². The molecule has 0 radical (unpaired) electrons. The van der Waals surface area contributed by atoms with Gasteiger partial charge in [-0.25, -0.2) is 4.98 Å². The maximum Gasteiger partial charge on any atom is 0.171 e. The molecule has 2 heterocycles. The van der Waals surface area contributed by atoms with Crippen LogP contribution in [-0.2, 0) is 0 Å². The number of anilines is 1. The van der Waals surface area contributed by atoms with E-state index in [1.807, 2.05) is 12.1 Å². The Kier molecular flexibility index (Phi) is 4.42. The van der Waals surface area contributed by atoms with Crippen LogP contribution in [0.3, 0.4) is 0 Å².